The summed E-state index contributed by atoms with van der Waals surface area (Å²) in [7, 11) is 0. The number of benzene rings is 1. The van der Waals surface area contributed by atoms with Crippen molar-refractivity contribution in [1.29, 1.82) is 0 Å². The number of hydrogen-bond acceptors (Lipinski definition) is 4. The van der Waals surface area contributed by atoms with Crippen LogP contribution in [-0.2, 0) is 6.54 Å². The molecule has 2 fully saturated rings. The van der Waals surface area contributed by atoms with E-state index in [0.29, 0.717) is 17.5 Å². The van der Waals surface area contributed by atoms with Crippen LogP contribution in [0.4, 0.5) is 0 Å². The Morgan fingerprint density at radius 3 is 2.69 bits per heavy atom. The molecule has 3 aromatic rings. The highest BCUT2D eigenvalue weighted by atomic mass is 16.1. The number of nitrogens with zero attached hydrogens (tertiary/aromatic N) is 4. The number of rotatable bonds is 5. The van der Waals surface area contributed by atoms with E-state index in [1.54, 1.807) is 0 Å². The van der Waals surface area contributed by atoms with Crippen molar-refractivity contribution in [2.45, 2.75) is 50.6 Å². The largest absolute Gasteiger partial charge is 0.349 e. The quantitative estimate of drug-likeness (QED) is 0.727. The molecule has 1 amide bonds. The summed E-state index contributed by atoms with van der Waals surface area (Å²) < 4.78 is 2.01. The number of hydrogen-bond donors (Lipinski definition) is 1. The van der Waals surface area contributed by atoms with Gasteiger partial charge in [-0.15, -0.1) is 10.2 Å². The second kappa shape index (κ2) is 7.95. The average Bonchev–Trinajstić information content (AvgIpc) is 3.49. The Hall–Kier alpha value is -2.73. The van der Waals surface area contributed by atoms with Crippen LogP contribution in [0.2, 0.25) is 0 Å². The van der Waals surface area contributed by atoms with E-state index in [0.717, 1.165) is 50.4 Å². The van der Waals surface area contributed by atoms with Gasteiger partial charge in [0.05, 0.1) is 5.56 Å². The zero-order chi connectivity index (χ0) is 19.6. The molecule has 6 heteroatoms. The van der Waals surface area contributed by atoms with Crippen LogP contribution in [0, 0.1) is 0 Å². The van der Waals surface area contributed by atoms with Crippen LogP contribution in [0.5, 0.6) is 0 Å². The maximum atomic E-state index is 12.7. The number of carbonyl (C=O) groups is 1. The smallest absolute Gasteiger partial charge is 0.252 e. The van der Waals surface area contributed by atoms with Crippen molar-refractivity contribution < 1.29 is 4.79 Å². The molecule has 2 aromatic heterocycles. The van der Waals surface area contributed by atoms with E-state index < -0.39 is 0 Å². The molecular weight excluding hydrogens is 362 g/mol. The topological polar surface area (TPSA) is 62.5 Å². The predicted molar refractivity (Wildman–Crippen MR) is 112 cm³/mol. The molecule has 1 saturated heterocycles. The zero-order valence-corrected chi connectivity index (χ0v) is 16.6. The molecule has 1 aliphatic heterocycles. The summed E-state index contributed by atoms with van der Waals surface area (Å²) >= 11 is 0. The van der Waals surface area contributed by atoms with Crippen LogP contribution in [0.15, 0.2) is 48.7 Å². The van der Waals surface area contributed by atoms with Gasteiger partial charge in [0.15, 0.2) is 5.65 Å². The summed E-state index contributed by atoms with van der Waals surface area (Å²) in [6.07, 6.45) is 7.57. The van der Waals surface area contributed by atoms with Crippen LogP contribution in [0.3, 0.4) is 0 Å². The molecule has 0 bridgehead atoms. The molecule has 1 unspecified atom stereocenters. The van der Waals surface area contributed by atoms with Crippen molar-refractivity contribution in [1.82, 2.24) is 24.8 Å². The molecule has 1 N–H and O–H groups in total. The third-order valence-electron chi connectivity index (χ3n) is 6.27. The Morgan fingerprint density at radius 2 is 1.86 bits per heavy atom. The molecule has 1 saturated carbocycles. The normalized spacial score (nSPS) is 20.5. The van der Waals surface area contributed by atoms with Gasteiger partial charge >= 0.3 is 0 Å². The summed E-state index contributed by atoms with van der Waals surface area (Å²) in [5.41, 5.74) is 2.83. The summed E-state index contributed by atoms with van der Waals surface area (Å²) in [5.74, 6) is 1.31. The minimum atomic E-state index is 0.00979. The van der Waals surface area contributed by atoms with Gasteiger partial charge in [0.2, 0.25) is 0 Å². The fourth-order valence-corrected chi connectivity index (χ4v) is 4.69. The third-order valence-corrected chi connectivity index (χ3v) is 6.27. The van der Waals surface area contributed by atoms with Gasteiger partial charge in [0.1, 0.15) is 5.82 Å². The highest BCUT2D eigenvalue weighted by Crippen LogP contribution is 2.27. The Bertz CT molecular complexity index is 993. The molecule has 3 heterocycles. The van der Waals surface area contributed by atoms with Crippen molar-refractivity contribution in [3.63, 3.8) is 0 Å². The lowest BCUT2D eigenvalue weighted by Gasteiger charge is -2.16. The molecule has 2 aliphatic rings. The van der Waals surface area contributed by atoms with E-state index in [1.165, 1.54) is 18.4 Å². The minimum Gasteiger partial charge on any atom is -0.349 e. The lowest BCUT2D eigenvalue weighted by Crippen LogP contribution is -2.32. The SMILES string of the molecule is O=C(NC1CCCC1)c1ccc2nnc(C3CCN(Cc4ccccc4)C3)n2c1. The summed E-state index contributed by atoms with van der Waals surface area (Å²) in [6.45, 7) is 2.98. The van der Waals surface area contributed by atoms with Gasteiger partial charge in [-0.2, -0.15) is 0 Å². The van der Waals surface area contributed by atoms with Crippen molar-refractivity contribution in [3.05, 3.63) is 65.6 Å². The van der Waals surface area contributed by atoms with Crippen molar-refractivity contribution >= 4 is 11.6 Å². The molecule has 5 rings (SSSR count). The molecule has 29 heavy (non-hydrogen) atoms. The van der Waals surface area contributed by atoms with E-state index in [4.69, 9.17) is 0 Å². The van der Waals surface area contributed by atoms with Crippen molar-refractivity contribution in [2.75, 3.05) is 13.1 Å². The lowest BCUT2D eigenvalue weighted by atomic mass is 10.1. The fourth-order valence-electron chi connectivity index (χ4n) is 4.69. The second-order valence-electron chi connectivity index (χ2n) is 8.37. The van der Waals surface area contributed by atoms with Crippen LogP contribution in [-0.4, -0.2) is 44.5 Å². The molecule has 6 nitrogen and oxygen atoms in total. The minimum absolute atomic E-state index is 0.00979. The number of fused-ring (bicyclic) bond motifs is 1. The van der Waals surface area contributed by atoms with Crippen molar-refractivity contribution in [2.24, 2.45) is 0 Å². The lowest BCUT2D eigenvalue weighted by molar-refractivity contribution is 0.0937. The van der Waals surface area contributed by atoms with Crippen molar-refractivity contribution in [3.8, 4) is 0 Å². The molecule has 1 aromatic carbocycles. The Labute approximate surface area is 170 Å². The first-order valence-corrected chi connectivity index (χ1v) is 10.7. The Morgan fingerprint density at radius 1 is 1.03 bits per heavy atom. The summed E-state index contributed by atoms with van der Waals surface area (Å²) in [6, 6.07) is 14.7. The first kappa shape index (κ1) is 18.3. The molecule has 1 aliphatic carbocycles. The van der Waals surface area contributed by atoms with Crippen LogP contribution in [0.1, 0.15) is 59.8 Å². The van der Waals surface area contributed by atoms with Gasteiger partial charge < -0.3 is 5.32 Å². The van der Waals surface area contributed by atoms with E-state index in [-0.39, 0.29) is 5.91 Å². The predicted octanol–water partition coefficient (Wildman–Crippen LogP) is 3.39. The summed E-state index contributed by atoms with van der Waals surface area (Å²) in [4.78, 5) is 15.2. The van der Waals surface area contributed by atoms with Gasteiger partial charge in [0.25, 0.3) is 5.91 Å². The first-order valence-electron chi connectivity index (χ1n) is 10.7. The maximum absolute atomic E-state index is 12.7. The van der Waals surface area contributed by atoms with Gasteiger partial charge in [-0.1, -0.05) is 43.2 Å². The first-order chi connectivity index (χ1) is 14.3. The van der Waals surface area contributed by atoms with Crippen LogP contribution < -0.4 is 5.32 Å². The van der Waals surface area contributed by atoms with Crippen LogP contribution >= 0.6 is 0 Å². The van der Waals surface area contributed by atoms with E-state index in [9.17, 15) is 4.79 Å². The number of aromatic nitrogens is 3. The number of amides is 1. The van der Waals surface area contributed by atoms with E-state index in [2.05, 4.69) is 50.7 Å². The molecule has 150 valence electrons. The third kappa shape index (κ3) is 3.90. The summed E-state index contributed by atoms with van der Waals surface area (Å²) in [5, 5.41) is 12.0. The second-order valence-corrected chi connectivity index (χ2v) is 8.37. The van der Waals surface area contributed by atoms with Gasteiger partial charge in [-0.25, -0.2) is 0 Å². The Balaban J connectivity index is 1.32. The standard InChI is InChI=1S/C23H27N5O/c29-23(24-20-8-4-5-9-20)19-10-11-21-25-26-22(28(21)16-19)18-12-13-27(15-18)14-17-6-2-1-3-7-17/h1-3,6-7,10-11,16,18,20H,4-5,8-9,12-15H2,(H,24,29). The van der Waals surface area contributed by atoms with Gasteiger partial charge in [-0.3, -0.25) is 14.1 Å². The number of carbonyl (C=O) groups excluding carboxylic acids is 1. The number of nitrogens with one attached hydrogen (secondary N) is 1. The molecule has 0 radical (unpaired) electrons. The monoisotopic (exact) mass is 389 g/mol. The maximum Gasteiger partial charge on any atom is 0.252 e. The van der Waals surface area contributed by atoms with E-state index >= 15 is 0 Å². The number of likely N-dealkylation sites (tertiary alicyclic amines) is 1. The highest BCUT2D eigenvalue weighted by molar-refractivity contribution is 5.94. The fraction of sp³-hybridized carbons (Fsp3) is 0.435. The average molecular weight is 390 g/mol. The molecule has 1 atom stereocenters. The Kier molecular flexibility index (Phi) is 5.02. The van der Waals surface area contributed by atoms with E-state index in [1.807, 2.05) is 22.7 Å². The zero-order valence-electron chi connectivity index (χ0n) is 16.6. The highest BCUT2D eigenvalue weighted by Gasteiger charge is 2.28. The molecule has 0 spiro atoms. The molecular formula is C23H27N5O. The van der Waals surface area contributed by atoms with Crippen LogP contribution in [0.25, 0.3) is 5.65 Å². The number of pyridine rings is 1. The van der Waals surface area contributed by atoms with Gasteiger partial charge in [0, 0.05) is 31.2 Å². The van der Waals surface area contributed by atoms with Gasteiger partial charge in [-0.05, 0) is 43.5 Å².